The minimum absolute atomic E-state index is 0.247. The smallest absolute Gasteiger partial charge is 0.312 e. The van der Waals surface area contributed by atoms with Crippen molar-refractivity contribution in [1.82, 2.24) is 0 Å². The van der Waals surface area contributed by atoms with Gasteiger partial charge in [0.1, 0.15) is 0 Å². The van der Waals surface area contributed by atoms with E-state index >= 15 is 0 Å². The number of carbonyl (C=O) groups is 1. The van der Waals surface area contributed by atoms with Gasteiger partial charge in [0.2, 0.25) is 0 Å². The van der Waals surface area contributed by atoms with Gasteiger partial charge in [0, 0.05) is 5.75 Å². The molecule has 0 amide bonds. The molecule has 0 bridgehead atoms. The van der Waals surface area contributed by atoms with E-state index in [1.54, 1.807) is 20.8 Å². The van der Waals surface area contributed by atoms with Crippen molar-refractivity contribution in [3.8, 4) is 0 Å². The molecule has 1 fully saturated rings. The maximum absolute atomic E-state index is 11.3. The summed E-state index contributed by atoms with van der Waals surface area (Å²) in [4.78, 5) is 11.3. The van der Waals surface area contributed by atoms with Gasteiger partial charge in [0.15, 0.2) is 11.1 Å². The first-order valence-electron chi connectivity index (χ1n) is 4.72. The average molecular weight is 220 g/mol. The predicted octanol–water partition coefficient (Wildman–Crippen LogP) is 1.03. The standard InChI is InChI=1S/C9H16O4S/c1-4-14(11)13-9(2,3)7-5-6-12-8(7)10/h7H,4-6H2,1-3H3. The van der Waals surface area contributed by atoms with Gasteiger partial charge in [-0.15, -0.1) is 0 Å². The fourth-order valence-corrected chi connectivity index (χ4v) is 2.20. The third kappa shape index (κ3) is 2.54. The second kappa shape index (κ2) is 4.40. The molecule has 0 aromatic rings. The Morgan fingerprint density at radius 2 is 2.29 bits per heavy atom. The lowest BCUT2D eigenvalue weighted by molar-refractivity contribution is -0.145. The number of carbonyl (C=O) groups excluding carboxylic acids is 1. The Balaban J connectivity index is 2.63. The Morgan fingerprint density at radius 1 is 1.64 bits per heavy atom. The van der Waals surface area contributed by atoms with Crippen LogP contribution in [0.2, 0.25) is 0 Å². The average Bonchev–Trinajstić information content (AvgIpc) is 2.51. The summed E-state index contributed by atoms with van der Waals surface area (Å²) in [6, 6.07) is 0. The topological polar surface area (TPSA) is 52.6 Å². The monoisotopic (exact) mass is 220 g/mol. The largest absolute Gasteiger partial charge is 0.465 e. The van der Waals surface area contributed by atoms with E-state index in [0.29, 0.717) is 18.8 Å². The van der Waals surface area contributed by atoms with Crippen LogP contribution in [0.4, 0.5) is 0 Å². The molecule has 1 aliphatic rings. The van der Waals surface area contributed by atoms with E-state index in [-0.39, 0.29) is 11.9 Å². The van der Waals surface area contributed by atoms with Gasteiger partial charge in [-0.05, 0) is 20.3 Å². The molecule has 4 nitrogen and oxygen atoms in total. The first kappa shape index (κ1) is 11.7. The molecule has 0 aromatic heterocycles. The zero-order chi connectivity index (χ0) is 10.8. The molecule has 0 N–H and O–H groups in total. The van der Waals surface area contributed by atoms with Crippen LogP contribution in [0.15, 0.2) is 0 Å². The highest BCUT2D eigenvalue weighted by atomic mass is 32.2. The predicted molar refractivity (Wildman–Crippen MR) is 52.9 cm³/mol. The number of cyclic esters (lactones) is 1. The van der Waals surface area contributed by atoms with Crippen LogP contribution in [-0.2, 0) is 24.8 Å². The number of esters is 1. The van der Waals surface area contributed by atoms with Crippen molar-refractivity contribution in [2.45, 2.75) is 32.8 Å². The summed E-state index contributed by atoms with van der Waals surface area (Å²) in [5, 5.41) is 0. The van der Waals surface area contributed by atoms with Gasteiger partial charge >= 0.3 is 5.97 Å². The highest BCUT2D eigenvalue weighted by molar-refractivity contribution is 7.80. The summed E-state index contributed by atoms with van der Waals surface area (Å²) >= 11 is -1.32. The van der Waals surface area contributed by atoms with E-state index in [2.05, 4.69) is 0 Å². The Labute approximate surface area is 86.6 Å². The molecule has 0 radical (unpaired) electrons. The van der Waals surface area contributed by atoms with Crippen molar-refractivity contribution in [3.05, 3.63) is 0 Å². The fraction of sp³-hybridized carbons (Fsp3) is 0.889. The molecule has 14 heavy (non-hydrogen) atoms. The van der Waals surface area contributed by atoms with Gasteiger partial charge in [-0.3, -0.25) is 8.98 Å². The second-order valence-corrected chi connectivity index (χ2v) is 5.14. The maximum Gasteiger partial charge on any atom is 0.312 e. The van der Waals surface area contributed by atoms with Crippen molar-refractivity contribution in [2.24, 2.45) is 5.92 Å². The van der Waals surface area contributed by atoms with Gasteiger partial charge in [0.05, 0.1) is 18.1 Å². The van der Waals surface area contributed by atoms with E-state index in [1.807, 2.05) is 0 Å². The lowest BCUT2D eigenvalue weighted by Crippen LogP contribution is -2.38. The Morgan fingerprint density at radius 3 is 2.71 bits per heavy atom. The molecule has 1 saturated heterocycles. The molecule has 2 atom stereocenters. The quantitative estimate of drug-likeness (QED) is 0.664. The van der Waals surface area contributed by atoms with Crippen LogP contribution >= 0.6 is 0 Å². The molecular weight excluding hydrogens is 204 g/mol. The Bertz CT molecular complexity index is 249. The molecule has 1 rings (SSSR count). The van der Waals surface area contributed by atoms with Crippen LogP contribution < -0.4 is 0 Å². The maximum atomic E-state index is 11.3. The molecule has 0 aromatic carbocycles. The van der Waals surface area contributed by atoms with Crippen molar-refractivity contribution in [3.63, 3.8) is 0 Å². The van der Waals surface area contributed by atoms with Crippen molar-refractivity contribution < 1.29 is 17.9 Å². The Hall–Kier alpha value is -0.420. The van der Waals surface area contributed by atoms with E-state index in [1.165, 1.54) is 0 Å². The number of ether oxygens (including phenoxy) is 1. The first-order chi connectivity index (χ1) is 6.47. The van der Waals surface area contributed by atoms with Crippen LogP contribution in [0.3, 0.4) is 0 Å². The van der Waals surface area contributed by atoms with Gasteiger partial charge in [-0.1, -0.05) is 6.92 Å². The SMILES string of the molecule is CCS(=O)OC(C)(C)C1CCOC1=O. The third-order valence-electron chi connectivity index (χ3n) is 2.32. The molecule has 2 unspecified atom stereocenters. The van der Waals surface area contributed by atoms with Gasteiger partial charge < -0.3 is 4.74 Å². The summed E-state index contributed by atoms with van der Waals surface area (Å²) in [6.45, 7) is 5.77. The van der Waals surface area contributed by atoms with Gasteiger partial charge in [-0.25, -0.2) is 4.21 Å². The molecule has 0 aliphatic carbocycles. The third-order valence-corrected chi connectivity index (χ3v) is 3.40. The van der Waals surface area contributed by atoms with E-state index in [0.717, 1.165) is 0 Å². The highest BCUT2D eigenvalue weighted by Gasteiger charge is 2.42. The van der Waals surface area contributed by atoms with Crippen LogP contribution in [0.1, 0.15) is 27.2 Å². The highest BCUT2D eigenvalue weighted by Crippen LogP contribution is 2.30. The molecular formula is C9H16O4S. The lowest BCUT2D eigenvalue weighted by atomic mass is 9.90. The van der Waals surface area contributed by atoms with E-state index in [9.17, 15) is 9.00 Å². The lowest BCUT2D eigenvalue weighted by Gasteiger charge is -2.27. The van der Waals surface area contributed by atoms with E-state index < -0.39 is 16.7 Å². The van der Waals surface area contributed by atoms with Crippen LogP contribution in [0.5, 0.6) is 0 Å². The zero-order valence-electron chi connectivity index (χ0n) is 8.74. The van der Waals surface area contributed by atoms with E-state index in [4.69, 9.17) is 8.92 Å². The molecule has 1 heterocycles. The fourth-order valence-electron chi connectivity index (χ4n) is 1.48. The van der Waals surface area contributed by atoms with Gasteiger partial charge in [0.25, 0.3) is 0 Å². The summed E-state index contributed by atoms with van der Waals surface area (Å²) in [5.74, 6) is -0.105. The number of hydrogen-bond donors (Lipinski definition) is 0. The summed E-state index contributed by atoms with van der Waals surface area (Å²) in [5.41, 5.74) is -0.700. The van der Waals surface area contributed by atoms with Crippen LogP contribution in [0, 0.1) is 5.92 Å². The second-order valence-electron chi connectivity index (χ2n) is 3.79. The van der Waals surface area contributed by atoms with Crippen molar-refractivity contribution in [1.29, 1.82) is 0 Å². The minimum atomic E-state index is -1.32. The molecule has 0 saturated carbocycles. The first-order valence-corrected chi connectivity index (χ1v) is 5.96. The number of hydrogen-bond acceptors (Lipinski definition) is 4. The van der Waals surface area contributed by atoms with Gasteiger partial charge in [-0.2, -0.15) is 0 Å². The minimum Gasteiger partial charge on any atom is -0.465 e. The molecule has 1 aliphatic heterocycles. The Kier molecular flexibility index (Phi) is 3.66. The molecule has 82 valence electrons. The van der Waals surface area contributed by atoms with Crippen LogP contribution in [-0.4, -0.2) is 28.1 Å². The molecule has 5 heteroatoms. The van der Waals surface area contributed by atoms with Crippen molar-refractivity contribution in [2.75, 3.05) is 12.4 Å². The summed E-state index contributed by atoms with van der Waals surface area (Å²) in [7, 11) is 0. The normalized spacial score (nSPS) is 24.8. The van der Waals surface area contributed by atoms with Crippen LogP contribution in [0.25, 0.3) is 0 Å². The molecule has 0 spiro atoms. The zero-order valence-corrected chi connectivity index (χ0v) is 9.56. The summed E-state index contributed by atoms with van der Waals surface area (Å²) in [6.07, 6.45) is 0.646. The van der Waals surface area contributed by atoms with Crippen molar-refractivity contribution >= 4 is 17.0 Å². The summed E-state index contributed by atoms with van der Waals surface area (Å²) < 4.78 is 21.4. The number of rotatable bonds is 4.